The highest BCUT2D eigenvalue weighted by Gasteiger charge is 2.27. The van der Waals surface area contributed by atoms with Gasteiger partial charge in [0.1, 0.15) is 17.3 Å². The zero-order chi connectivity index (χ0) is 17.1. The molecule has 1 amide bonds. The van der Waals surface area contributed by atoms with Crippen LogP contribution in [0.3, 0.4) is 0 Å². The van der Waals surface area contributed by atoms with E-state index in [0.29, 0.717) is 13.1 Å². The van der Waals surface area contributed by atoms with Crippen molar-refractivity contribution >= 4 is 28.1 Å². The van der Waals surface area contributed by atoms with Crippen molar-refractivity contribution in [2.24, 2.45) is 0 Å². The Morgan fingerprint density at radius 3 is 2.50 bits per heavy atom. The van der Waals surface area contributed by atoms with E-state index in [1.165, 1.54) is 6.07 Å². The molecular formula is C16H18F2N4OS. The number of carbonyl (C=O) groups is 1. The maximum atomic E-state index is 13.6. The van der Waals surface area contributed by atoms with E-state index in [0.717, 1.165) is 30.4 Å². The first-order valence-corrected chi connectivity index (χ1v) is 8.57. The van der Waals surface area contributed by atoms with E-state index in [-0.39, 0.29) is 0 Å². The van der Waals surface area contributed by atoms with Crippen molar-refractivity contribution in [2.45, 2.75) is 13.0 Å². The van der Waals surface area contributed by atoms with Crippen LogP contribution in [0.15, 0.2) is 29.8 Å². The van der Waals surface area contributed by atoms with Gasteiger partial charge >= 0.3 is 0 Å². The van der Waals surface area contributed by atoms with E-state index in [1.807, 2.05) is 10.3 Å². The highest BCUT2D eigenvalue weighted by Crippen LogP contribution is 2.21. The highest BCUT2D eigenvalue weighted by atomic mass is 32.1. The van der Waals surface area contributed by atoms with E-state index in [4.69, 9.17) is 0 Å². The average molecular weight is 352 g/mol. The van der Waals surface area contributed by atoms with Crippen molar-refractivity contribution in [2.75, 3.05) is 36.4 Å². The lowest BCUT2D eigenvalue weighted by molar-refractivity contribution is -0.120. The van der Waals surface area contributed by atoms with Crippen LogP contribution in [0.25, 0.3) is 0 Å². The van der Waals surface area contributed by atoms with E-state index in [9.17, 15) is 13.6 Å². The van der Waals surface area contributed by atoms with Gasteiger partial charge in [0.05, 0.1) is 6.04 Å². The molecule has 1 saturated heterocycles. The number of carbonyl (C=O) groups excluding carboxylic acids is 1. The predicted molar refractivity (Wildman–Crippen MR) is 90.3 cm³/mol. The first-order valence-electron chi connectivity index (χ1n) is 7.69. The number of thiazole rings is 1. The molecule has 1 atom stereocenters. The Morgan fingerprint density at radius 2 is 1.92 bits per heavy atom. The third-order valence-corrected chi connectivity index (χ3v) is 4.97. The molecule has 1 aliphatic heterocycles. The Bertz CT molecular complexity index is 682. The van der Waals surface area contributed by atoms with Crippen molar-refractivity contribution in [1.82, 2.24) is 9.88 Å². The van der Waals surface area contributed by atoms with Gasteiger partial charge in [-0.1, -0.05) is 6.07 Å². The minimum atomic E-state index is -0.774. The minimum absolute atomic E-state index is 0.393. The smallest absolute Gasteiger partial charge is 0.241 e. The summed E-state index contributed by atoms with van der Waals surface area (Å²) in [6.07, 6.45) is 1.77. The van der Waals surface area contributed by atoms with Gasteiger partial charge in [0.15, 0.2) is 5.13 Å². The number of halogens is 2. The summed E-state index contributed by atoms with van der Waals surface area (Å²) in [6.45, 7) is 4.65. The molecule has 1 N–H and O–H groups in total. The van der Waals surface area contributed by atoms with Crippen LogP contribution < -0.4 is 10.2 Å². The molecule has 0 radical (unpaired) electrons. The molecule has 2 aromatic rings. The van der Waals surface area contributed by atoms with Crippen LogP contribution in [0.4, 0.5) is 19.6 Å². The molecule has 3 rings (SSSR count). The number of anilines is 2. The van der Waals surface area contributed by atoms with Crippen LogP contribution in [0.5, 0.6) is 0 Å². The molecule has 0 aliphatic carbocycles. The summed E-state index contributed by atoms with van der Waals surface area (Å²) in [4.78, 5) is 20.8. The quantitative estimate of drug-likeness (QED) is 0.919. The number of hydrogen-bond donors (Lipinski definition) is 1. The van der Waals surface area contributed by atoms with Crippen LogP contribution in [0.1, 0.15) is 6.92 Å². The summed E-state index contributed by atoms with van der Waals surface area (Å²) in [5.74, 6) is -1.96. The molecule has 1 aliphatic rings. The van der Waals surface area contributed by atoms with Gasteiger partial charge in [0.25, 0.3) is 0 Å². The lowest BCUT2D eigenvalue weighted by Crippen LogP contribution is -2.52. The number of piperazine rings is 1. The van der Waals surface area contributed by atoms with Gasteiger partial charge in [-0.15, -0.1) is 11.3 Å². The van der Waals surface area contributed by atoms with E-state index in [1.54, 1.807) is 24.5 Å². The Labute approximate surface area is 142 Å². The lowest BCUT2D eigenvalue weighted by Gasteiger charge is -2.37. The fourth-order valence-corrected chi connectivity index (χ4v) is 3.38. The summed E-state index contributed by atoms with van der Waals surface area (Å²) in [7, 11) is 0. The highest BCUT2D eigenvalue weighted by molar-refractivity contribution is 7.13. The Kier molecular flexibility index (Phi) is 5.06. The molecule has 0 spiro atoms. The van der Waals surface area contributed by atoms with Crippen molar-refractivity contribution < 1.29 is 13.6 Å². The second-order valence-corrected chi connectivity index (χ2v) is 6.47. The number of amides is 1. The molecule has 1 unspecified atom stereocenters. The molecule has 1 aromatic carbocycles. The first-order chi connectivity index (χ1) is 11.6. The van der Waals surface area contributed by atoms with Crippen LogP contribution >= 0.6 is 11.3 Å². The summed E-state index contributed by atoms with van der Waals surface area (Å²) in [5.41, 5.74) is -0.393. The lowest BCUT2D eigenvalue weighted by atomic mass is 10.2. The Hall–Kier alpha value is -2.06. The molecule has 0 bridgehead atoms. The fourth-order valence-electron chi connectivity index (χ4n) is 2.68. The predicted octanol–water partition coefficient (Wildman–Crippen LogP) is 2.57. The number of nitrogens with one attached hydrogen (secondary N) is 1. The number of para-hydroxylation sites is 1. The van der Waals surface area contributed by atoms with Gasteiger partial charge in [0.2, 0.25) is 5.91 Å². The molecular weight excluding hydrogens is 334 g/mol. The van der Waals surface area contributed by atoms with Crippen molar-refractivity contribution in [3.05, 3.63) is 41.4 Å². The van der Waals surface area contributed by atoms with Crippen molar-refractivity contribution in [1.29, 1.82) is 0 Å². The molecule has 8 heteroatoms. The topological polar surface area (TPSA) is 48.5 Å². The van der Waals surface area contributed by atoms with Gasteiger partial charge in [-0.2, -0.15) is 0 Å². The third-order valence-electron chi connectivity index (χ3n) is 4.14. The maximum Gasteiger partial charge on any atom is 0.241 e. The van der Waals surface area contributed by atoms with Crippen molar-refractivity contribution in [3.8, 4) is 0 Å². The standard InChI is InChI=1S/C16H18F2N4OS/c1-11(15(23)20-14-12(17)3-2-4-13(14)18)21-6-8-22(9-7-21)16-19-5-10-24-16/h2-5,10-11H,6-9H2,1H3,(H,20,23). The number of rotatable bonds is 4. The SMILES string of the molecule is CC(C(=O)Nc1c(F)cccc1F)N1CCN(c2nccs2)CC1. The molecule has 2 heterocycles. The normalized spacial score (nSPS) is 16.9. The largest absolute Gasteiger partial charge is 0.346 e. The molecule has 128 valence electrons. The summed E-state index contributed by atoms with van der Waals surface area (Å²) in [5, 5.41) is 5.26. The number of aromatic nitrogens is 1. The van der Waals surface area contributed by atoms with Crippen LogP contribution in [-0.4, -0.2) is 48.0 Å². The van der Waals surface area contributed by atoms with Crippen molar-refractivity contribution in [3.63, 3.8) is 0 Å². The number of benzene rings is 1. The number of nitrogens with zero attached hydrogens (tertiary/aromatic N) is 3. The summed E-state index contributed by atoms with van der Waals surface area (Å²) >= 11 is 1.58. The Balaban J connectivity index is 1.59. The molecule has 5 nitrogen and oxygen atoms in total. The molecule has 0 saturated carbocycles. The van der Waals surface area contributed by atoms with Gasteiger partial charge < -0.3 is 10.2 Å². The second-order valence-electron chi connectivity index (χ2n) is 5.60. The zero-order valence-electron chi connectivity index (χ0n) is 13.2. The maximum absolute atomic E-state index is 13.6. The van der Waals surface area contributed by atoms with E-state index >= 15 is 0 Å². The minimum Gasteiger partial charge on any atom is -0.346 e. The zero-order valence-corrected chi connectivity index (χ0v) is 14.0. The van der Waals surface area contributed by atoms with Crippen LogP contribution in [0, 0.1) is 11.6 Å². The van der Waals surface area contributed by atoms with Crippen LogP contribution in [0.2, 0.25) is 0 Å². The van der Waals surface area contributed by atoms with Gasteiger partial charge in [-0.05, 0) is 19.1 Å². The molecule has 1 aromatic heterocycles. The Morgan fingerprint density at radius 1 is 1.25 bits per heavy atom. The van der Waals surface area contributed by atoms with E-state index in [2.05, 4.69) is 15.2 Å². The van der Waals surface area contributed by atoms with Gasteiger partial charge in [-0.25, -0.2) is 13.8 Å². The summed E-state index contributed by atoms with van der Waals surface area (Å²) in [6, 6.07) is 3.04. The first kappa shape index (κ1) is 16.8. The molecule has 1 fully saturated rings. The van der Waals surface area contributed by atoms with Crippen LogP contribution in [-0.2, 0) is 4.79 Å². The third kappa shape index (κ3) is 3.54. The number of hydrogen-bond acceptors (Lipinski definition) is 5. The average Bonchev–Trinajstić information content (AvgIpc) is 3.12. The van der Waals surface area contributed by atoms with Gasteiger partial charge in [0, 0.05) is 37.8 Å². The molecule has 24 heavy (non-hydrogen) atoms. The second kappa shape index (κ2) is 7.23. The monoisotopic (exact) mass is 352 g/mol. The summed E-state index contributed by atoms with van der Waals surface area (Å²) < 4.78 is 27.3. The van der Waals surface area contributed by atoms with Gasteiger partial charge in [-0.3, -0.25) is 9.69 Å². The van der Waals surface area contributed by atoms with E-state index < -0.39 is 29.3 Å². The fraction of sp³-hybridized carbons (Fsp3) is 0.375.